The molecule has 3 aromatic carbocycles. The van der Waals surface area contributed by atoms with Crippen molar-refractivity contribution >= 4 is 33.8 Å². The number of hydrogen-bond donors (Lipinski definition) is 1. The number of nitrogens with one attached hydrogen (secondary N) is 1. The Morgan fingerprint density at radius 1 is 1.12 bits per heavy atom. The number of amides is 1. The Bertz CT molecular complexity index is 1390. The largest absolute Gasteiger partial charge is 0.496 e. The highest BCUT2D eigenvalue weighted by molar-refractivity contribution is 6.06. The molecule has 166 valence electrons. The first-order chi connectivity index (χ1) is 15.9. The van der Waals surface area contributed by atoms with Gasteiger partial charge in [-0.3, -0.25) is 14.9 Å². The van der Waals surface area contributed by atoms with E-state index in [9.17, 15) is 14.9 Å². The third-order valence-electron chi connectivity index (χ3n) is 5.43. The van der Waals surface area contributed by atoms with E-state index in [0.717, 1.165) is 33.2 Å². The number of aryl methyl sites for hydroxylation is 1. The standard InChI is InChI=1S/C26H22N2O5/c1-16(12-24(29)27-19-10-7-11-20(13-19)28(30)31)21-14-22-23(18-8-5-4-6-9-18)15-33-26(22)17(2)25(21)32-3/h4-15H,1-3H3,(H,27,29)/b16-12+. The maximum absolute atomic E-state index is 12.6. The molecule has 0 unspecified atom stereocenters. The first kappa shape index (κ1) is 21.8. The normalized spacial score (nSPS) is 11.4. The van der Waals surface area contributed by atoms with Crippen molar-refractivity contribution in [1.29, 1.82) is 0 Å². The second kappa shape index (κ2) is 9.00. The number of nitrogens with zero attached hydrogens (tertiary/aromatic N) is 1. The van der Waals surface area contributed by atoms with Gasteiger partial charge in [0.15, 0.2) is 0 Å². The van der Waals surface area contributed by atoms with Gasteiger partial charge in [0, 0.05) is 46.0 Å². The van der Waals surface area contributed by atoms with Crippen LogP contribution in [0.4, 0.5) is 11.4 Å². The molecule has 0 aliphatic rings. The van der Waals surface area contributed by atoms with Gasteiger partial charge in [-0.2, -0.15) is 0 Å². The van der Waals surface area contributed by atoms with Crippen LogP contribution in [0.1, 0.15) is 18.1 Å². The fourth-order valence-electron chi connectivity index (χ4n) is 3.86. The van der Waals surface area contributed by atoms with Crippen molar-refractivity contribution in [3.05, 3.63) is 94.2 Å². The first-order valence-electron chi connectivity index (χ1n) is 10.3. The van der Waals surface area contributed by atoms with E-state index in [0.29, 0.717) is 17.0 Å². The van der Waals surface area contributed by atoms with E-state index < -0.39 is 10.8 Å². The van der Waals surface area contributed by atoms with Crippen LogP contribution in [0.3, 0.4) is 0 Å². The van der Waals surface area contributed by atoms with Crippen LogP contribution >= 0.6 is 0 Å². The molecule has 1 aromatic heterocycles. The van der Waals surface area contributed by atoms with E-state index in [1.807, 2.05) is 50.2 Å². The Labute approximate surface area is 190 Å². The number of nitro groups is 1. The second-order valence-corrected chi connectivity index (χ2v) is 7.60. The van der Waals surface area contributed by atoms with Crippen LogP contribution in [0.25, 0.3) is 27.7 Å². The molecule has 4 aromatic rings. The highest BCUT2D eigenvalue weighted by atomic mass is 16.6. The summed E-state index contributed by atoms with van der Waals surface area (Å²) in [5, 5.41) is 14.6. The number of ether oxygens (including phenoxy) is 1. The lowest BCUT2D eigenvalue weighted by Gasteiger charge is -2.13. The molecule has 0 aliphatic carbocycles. The third kappa shape index (κ3) is 4.34. The number of methoxy groups -OCH3 is 1. The van der Waals surface area contributed by atoms with Gasteiger partial charge in [0.2, 0.25) is 5.91 Å². The first-order valence-corrected chi connectivity index (χ1v) is 10.3. The third-order valence-corrected chi connectivity index (χ3v) is 5.43. The lowest BCUT2D eigenvalue weighted by Crippen LogP contribution is -2.09. The molecule has 0 atom stereocenters. The topological polar surface area (TPSA) is 94.6 Å². The van der Waals surface area contributed by atoms with E-state index >= 15 is 0 Å². The zero-order chi connectivity index (χ0) is 23.5. The Kier molecular flexibility index (Phi) is 5.95. The van der Waals surface area contributed by atoms with E-state index in [1.165, 1.54) is 24.3 Å². The minimum absolute atomic E-state index is 0.0929. The molecule has 0 aliphatic heterocycles. The summed E-state index contributed by atoms with van der Waals surface area (Å²) in [6.07, 6.45) is 3.18. The molecular weight excluding hydrogens is 420 g/mol. The molecule has 7 nitrogen and oxygen atoms in total. The minimum atomic E-state index is -0.505. The lowest BCUT2D eigenvalue weighted by atomic mass is 9.96. The maximum Gasteiger partial charge on any atom is 0.271 e. The predicted molar refractivity (Wildman–Crippen MR) is 128 cm³/mol. The van der Waals surface area contributed by atoms with Gasteiger partial charge in [-0.25, -0.2) is 0 Å². The number of fused-ring (bicyclic) bond motifs is 1. The Hall–Kier alpha value is -4.39. The number of nitro benzene ring substituents is 1. The summed E-state index contributed by atoms with van der Waals surface area (Å²) in [6.45, 7) is 3.73. The monoisotopic (exact) mass is 442 g/mol. The number of allylic oxidation sites excluding steroid dienone is 1. The van der Waals surface area contributed by atoms with Crippen LogP contribution in [0.5, 0.6) is 5.75 Å². The molecule has 1 amide bonds. The van der Waals surface area contributed by atoms with Gasteiger partial charge in [0.25, 0.3) is 5.69 Å². The summed E-state index contributed by atoms with van der Waals surface area (Å²) < 4.78 is 11.5. The molecule has 33 heavy (non-hydrogen) atoms. The highest BCUT2D eigenvalue weighted by Crippen LogP contribution is 2.40. The molecule has 1 heterocycles. The van der Waals surface area contributed by atoms with Gasteiger partial charge >= 0.3 is 0 Å². The number of anilines is 1. The van der Waals surface area contributed by atoms with E-state index in [1.54, 1.807) is 19.4 Å². The van der Waals surface area contributed by atoms with Gasteiger partial charge in [-0.1, -0.05) is 36.4 Å². The number of furan rings is 1. The summed E-state index contributed by atoms with van der Waals surface area (Å²) in [6, 6.07) is 17.7. The molecule has 0 fully saturated rings. The fourth-order valence-corrected chi connectivity index (χ4v) is 3.86. The average Bonchev–Trinajstić information content (AvgIpc) is 3.24. The second-order valence-electron chi connectivity index (χ2n) is 7.60. The quantitative estimate of drug-likeness (QED) is 0.213. The van der Waals surface area contributed by atoms with Crippen LogP contribution in [0, 0.1) is 17.0 Å². The van der Waals surface area contributed by atoms with E-state index in [4.69, 9.17) is 9.15 Å². The number of non-ortho nitro benzene ring substituents is 1. The number of carbonyl (C=O) groups is 1. The van der Waals surface area contributed by atoms with Crippen molar-refractivity contribution in [2.45, 2.75) is 13.8 Å². The van der Waals surface area contributed by atoms with Crippen LogP contribution in [0.2, 0.25) is 0 Å². The lowest BCUT2D eigenvalue weighted by molar-refractivity contribution is -0.384. The van der Waals surface area contributed by atoms with Crippen molar-refractivity contribution in [3.63, 3.8) is 0 Å². The molecule has 0 saturated carbocycles. The van der Waals surface area contributed by atoms with Crippen LogP contribution in [-0.2, 0) is 4.79 Å². The van der Waals surface area contributed by atoms with Crippen LogP contribution < -0.4 is 10.1 Å². The van der Waals surface area contributed by atoms with Gasteiger partial charge < -0.3 is 14.5 Å². The summed E-state index contributed by atoms with van der Waals surface area (Å²) in [5.41, 5.74) is 5.23. The zero-order valence-electron chi connectivity index (χ0n) is 18.4. The van der Waals surface area contributed by atoms with Crippen LogP contribution in [-0.4, -0.2) is 17.9 Å². The molecule has 0 saturated heterocycles. The van der Waals surface area contributed by atoms with E-state index in [2.05, 4.69) is 5.32 Å². The van der Waals surface area contributed by atoms with Crippen molar-refractivity contribution in [3.8, 4) is 16.9 Å². The Morgan fingerprint density at radius 3 is 2.58 bits per heavy atom. The molecule has 7 heteroatoms. The van der Waals surface area contributed by atoms with Gasteiger partial charge in [0.1, 0.15) is 11.3 Å². The minimum Gasteiger partial charge on any atom is -0.496 e. The zero-order valence-corrected chi connectivity index (χ0v) is 18.4. The number of rotatable bonds is 6. The van der Waals surface area contributed by atoms with Gasteiger partial charge in [0.05, 0.1) is 18.3 Å². The van der Waals surface area contributed by atoms with Gasteiger partial charge in [-0.15, -0.1) is 0 Å². The summed E-state index contributed by atoms with van der Waals surface area (Å²) in [5.74, 6) is 0.219. The van der Waals surface area contributed by atoms with Crippen molar-refractivity contribution < 1.29 is 18.9 Å². The maximum atomic E-state index is 12.6. The van der Waals surface area contributed by atoms with Gasteiger partial charge in [-0.05, 0) is 37.1 Å². The molecule has 0 bridgehead atoms. The number of carbonyl (C=O) groups excluding carboxylic acids is 1. The Morgan fingerprint density at radius 2 is 1.88 bits per heavy atom. The van der Waals surface area contributed by atoms with Crippen molar-refractivity contribution in [1.82, 2.24) is 0 Å². The number of hydrogen-bond acceptors (Lipinski definition) is 5. The summed E-state index contributed by atoms with van der Waals surface area (Å²) >= 11 is 0. The van der Waals surface area contributed by atoms with Crippen LogP contribution in [0.15, 0.2) is 77.4 Å². The Balaban J connectivity index is 1.73. The fraction of sp³-hybridized carbons (Fsp3) is 0.115. The molecule has 1 N–H and O–H groups in total. The molecular formula is C26H22N2O5. The molecule has 0 spiro atoms. The van der Waals surface area contributed by atoms with Crippen molar-refractivity contribution in [2.24, 2.45) is 0 Å². The summed E-state index contributed by atoms with van der Waals surface area (Å²) in [4.78, 5) is 23.1. The molecule has 4 rings (SSSR count). The average molecular weight is 442 g/mol. The van der Waals surface area contributed by atoms with E-state index in [-0.39, 0.29) is 5.69 Å². The number of benzene rings is 3. The SMILES string of the molecule is COc1c(/C(C)=C/C(=O)Nc2cccc([N+](=O)[O-])c2)cc2c(-c3ccccc3)coc2c1C. The predicted octanol–water partition coefficient (Wildman–Crippen LogP) is 6.37. The molecule has 0 radical (unpaired) electrons. The smallest absolute Gasteiger partial charge is 0.271 e. The summed E-state index contributed by atoms with van der Waals surface area (Å²) in [7, 11) is 1.58. The van der Waals surface area contributed by atoms with Crippen molar-refractivity contribution in [2.75, 3.05) is 12.4 Å². The highest BCUT2D eigenvalue weighted by Gasteiger charge is 2.19.